The second kappa shape index (κ2) is 5.27. The van der Waals surface area contributed by atoms with Crippen LogP contribution in [-0.2, 0) is 10.0 Å². The van der Waals surface area contributed by atoms with E-state index >= 15 is 0 Å². The Hall–Kier alpha value is -0.130. The summed E-state index contributed by atoms with van der Waals surface area (Å²) < 4.78 is 25.3. The Morgan fingerprint density at radius 1 is 1.40 bits per heavy atom. The Balaban J connectivity index is 2.55. The lowest BCUT2D eigenvalue weighted by Crippen LogP contribution is -2.37. The molecule has 0 aromatic heterocycles. The van der Waals surface area contributed by atoms with E-state index in [2.05, 4.69) is 0 Å². The predicted octanol–water partition coefficient (Wildman–Crippen LogP) is 0.819. The molecule has 1 N–H and O–H groups in total. The maximum atomic E-state index is 11.9. The Morgan fingerprint density at radius 3 is 2.40 bits per heavy atom. The van der Waals surface area contributed by atoms with E-state index in [-0.39, 0.29) is 24.9 Å². The van der Waals surface area contributed by atoms with Crippen molar-refractivity contribution in [1.82, 2.24) is 4.31 Å². The van der Waals surface area contributed by atoms with E-state index in [0.717, 1.165) is 12.8 Å². The molecular formula is C10H21NO3S. The predicted molar refractivity (Wildman–Crippen MR) is 60.1 cm³/mol. The fourth-order valence-corrected chi connectivity index (χ4v) is 3.54. The van der Waals surface area contributed by atoms with E-state index in [9.17, 15) is 8.42 Å². The van der Waals surface area contributed by atoms with Crippen molar-refractivity contribution in [3.8, 4) is 0 Å². The number of hydrogen-bond acceptors (Lipinski definition) is 3. The Kier molecular flexibility index (Phi) is 4.55. The molecule has 0 bridgehead atoms. The third-order valence-corrected chi connectivity index (χ3v) is 4.53. The highest BCUT2D eigenvalue weighted by Crippen LogP contribution is 2.29. The molecule has 15 heavy (non-hydrogen) atoms. The molecular weight excluding hydrogens is 214 g/mol. The average Bonchev–Trinajstić information content (AvgIpc) is 2.94. The van der Waals surface area contributed by atoms with E-state index in [4.69, 9.17) is 5.11 Å². The molecule has 0 aromatic rings. The van der Waals surface area contributed by atoms with Crippen molar-refractivity contribution >= 4 is 10.0 Å². The summed E-state index contributed by atoms with van der Waals surface area (Å²) in [5, 5.41) is 8.85. The van der Waals surface area contributed by atoms with Crippen molar-refractivity contribution in [3.63, 3.8) is 0 Å². The van der Waals surface area contributed by atoms with E-state index in [1.165, 1.54) is 4.31 Å². The molecule has 0 aromatic carbocycles. The van der Waals surface area contributed by atoms with Gasteiger partial charge in [-0.2, -0.15) is 4.31 Å². The molecule has 0 aliphatic heterocycles. The van der Waals surface area contributed by atoms with Crippen LogP contribution in [0.25, 0.3) is 0 Å². The lowest BCUT2D eigenvalue weighted by atomic mass is 10.2. The van der Waals surface area contributed by atoms with Gasteiger partial charge in [-0.25, -0.2) is 8.42 Å². The van der Waals surface area contributed by atoms with E-state index < -0.39 is 10.0 Å². The highest BCUT2D eigenvalue weighted by atomic mass is 32.2. The van der Waals surface area contributed by atoms with Crippen molar-refractivity contribution in [3.05, 3.63) is 0 Å². The van der Waals surface area contributed by atoms with Crippen LogP contribution in [0, 0.1) is 5.92 Å². The molecule has 1 aliphatic carbocycles. The van der Waals surface area contributed by atoms with Gasteiger partial charge in [-0.3, -0.25) is 0 Å². The molecule has 0 saturated heterocycles. The molecule has 0 heterocycles. The summed E-state index contributed by atoms with van der Waals surface area (Å²) in [7, 11) is -3.14. The maximum Gasteiger partial charge on any atom is 0.214 e. The van der Waals surface area contributed by atoms with Gasteiger partial charge >= 0.3 is 0 Å². The number of sulfonamides is 1. The molecule has 4 nitrogen and oxygen atoms in total. The van der Waals surface area contributed by atoms with Crippen LogP contribution in [0.3, 0.4) is 0 Å². The third kappa shape index (κ3) is 4.09. The van der Waals surface area contributed by atoms with Crippen molar-refractivity contribution in [2.45, 2.75) is 39.2 Å². The highest BCUT2D eigenvalue weighted by Gasteiger charge is 2.36. The van der Waals surface area contributed by atoms with Crippen LogP contribution < -0.4 is 0 Å². The van der Waals surface area contributed by atoms with Crippen LogP contribution >= 0.6 is 0 Å². The Labute approximate surface area is 92.3 Å². The lowest BCUT2D eigenvalue weighted by molar-refractivity contribution is 0.250. The zero-order valence-corrected chi connectivity index (χ0v) is 10.3. The maximum absolute atomic E-state index is 11.9. The number of aliphatic hydroxyl groups excluding tert-OH is 1. The summed E-state index contributed by atoms with van der Waals surface area (Å²) in [5.74, 6) is 0.608. The molecule has 5 heteroatoms. The first-order valence-corrected chi connectivity index (χ1v) is 7.18. The van der Waals surface area contributed by atoms with Gasteiger partial charge in [0.15, 0.2) is 0 Å². The fraction of sp³-hybridized carbons (Fsp3) is 1.00. The zero-order chi connectivity index (χ0) is 11.5. The molecule has 0 unspecified atom stereocenters. The van der Waals surface area contributed by atoms with Crippen molar-refractivity contribution in [1.29, 1.82) is 0 Å². The van der Waals surface area contributed by atoms with Gasteiger partial charge in [-0.05, 0) is 25.2 Å². The molecule has 1 aliphatic rings. The van der Waals surface area contributed by atoms with Gasteiger partial charge in [-0.1, -0.05) is 13.8 Å². The van der Waals surface area contributed by atoms with Crippen LogP contribution in [0.2, 0.25) is 0 Å². The lowest BCUT2D eigenvalue weighted by Gasteiger charge is -2.21. The van der Waals surface area contributed by atoms with Crippen LogP contribution in [0.1, 0.15) is 33.1 Å². The van der Waals surface area contributed by atoms with Gasteiger partial charge in [0.25, 0.3) is 0 Å². The van der Waals surface area contributed by atoms with Crippen LogP contribution in [-0.4, -0.2) is 42.8 Å². The second-order valence-electron chi connectivity index (χ2n) is 4.56. The summed E-state index contributed by atoms with van der Waals surface area (Å²) in [6.07, 6.45) is 2.58. The summed E-state index contributed by atoms with van der Waals surface area (Å²) in [4.78, 5) is 0. The quantitative estimate of drug-likeness (QED) is 0.710. The third-order valence-electron chi connectivity index (χ3n) is 2.58. The van der Waals surface area contributed by atoms with Crippen LogP contribution in [0.4, 0.5) is 0 Å². The first-order chi connectivity index (χ1) is 6.97. The molecule has 1 rings (SSSR count). The topological polar surface area (TPSA) is 57.6 Å². The smallest absolute Gasteiger partial charge is 0.214 e. The zero-order valence-electron chi connectivity index (χ0n) is 9.52. The van der Waals surface area contributed by atoms with Crippen LogP contribution in [0.5, 0.6) is 0 Å². The molecule has 0 atom stereocenters. The summed E-state index contributed by atoms with van der Waals surface area (Å²) >= 11 is 0. The van der Waals surface area contributed by atoms with E-state index in [0.29, 0.717) is 12.3 Å². The van der Waals surface area contributed by atoms with E-state index in [1.54, 1.807) is 0 Å². The number of hydrogen-bond donors (Lipinski definition) is 1. The molecule has 0 amide bonds. The van der Waals surface area contributed by atoms with Crippen molar-refractivity contribution in [2.75, 3.05) is 18.9 Å². The first-order valence-electron chi connectivity index (χ1n) is 5.57. The van der Waals surface area contributed by atoms with Crippen molar-refractivity contribution in [2.24, 2.45) is 5.92 Å². The summed E-state index contributed by atoms with van der Waals surface area (Å²) in [6, 6.07) is 0.161. The van der Waals surface area contributed by atoms with E-state index in [1.807, 2.05) is 13.8 Å². The highest BCUT2D eigenvalue weighted by molar-refractivity contribution is 7.89. The molecule has 1 saturated carbocycles. The molecule has 0 radical (unpaired) electrons. The molecule has 0 spiro atoms. The first kappa shape index (κ1) is 12.9. The normalized spacial score (nSPS) is 17.7. The van der Waals surface area contributed by atoms with Gasteiger partial charge in [0.2, 0.25) is 10.0 Å². The van der Waals surface area contributed by atoms with Gasteiger partial charge in [-0.15, -0.1) is 0 Å². The van der Waals surface area contributed by atoms with Crippen molar-refractivity contribution < 1.29 is 13.5 Å². The number of nitrogens with zero attached hydrogens (tertiary/aromatic N) is 1. The SMILES string of the molecule is CC(C)CCS(=O)(=O)N(CCO)C1CC1. The van der Waals surface area contributed by atoms with Gasteiger partial charge in [0.1, 0.15) is 0 Å². The number of aliphatic hydroxyl groups is 1. The summed E-state index contributed by atoms with van der Waals surface area (Å²) in [6.45, 7) is 4.20. The number of rotatable bonds is 7. The minimum atomic E-state index is -3.14. The standard InChI is InChI=1S/C10H21NO3S/c1-9(2)5-8-15(13,14)11(6-7-12)10-3-4-10/h9-10,12H,3-8H2,1-2H3. The second-order valence-corrected chi connectivity index (χ2v) is 6.61. The molecule has 90 valence electrons. The molecule has 1 fully saturated rings. The fourth-order valence-electron chi connectivity index (χ4n) is 1.51. The van der Waals surface area contributed by atoms with Gasteiger partial charge in [0, 0.05) is 12.6 Å². The average molecular weight is 235 g/mol. The van der Waals surface area contributed by atoms with Crippen LogP contribution in [0.15, 0.2) is 0 Å². The minimum Gasteiger partial charge on any atom is -0.395 e. The van der Waals surface area contributed by atoms with Gasteiger partial charge in [0.05, 0.1) is 12.4 Å². The Bertz CT molecular complexity index is 283. The van der Waals surface area contributed by atoms with Gasteiger partial charge < -0.3 is 5.11 Å². The summed E-state index contributed by atoms with van der Waals surface area (Å²) in [5.41, 5.74) is 0. The monoisotopic (exact) mass is 235 g/mol. The largest absolute Gasteiger partial charge is 0.395 e. The Morgan fingerprint density at radius 2 is 2.00 bits per heavy atom. The minimum absolute atomic E-state index is 0.0859.